The van der Waals surface area contributed by atoms with Crippen molar-refractivity contribution in [1.82, 2.24) is 9.80 Å². The molecular formula is C15H25BN2O2. The van der Waals surface area contributed by atoms with Crippen molar-refractivity contribution in [2.75, 3.05) is 26.2 Å². The van der Waals surface area contributed by atoms with Crippen LogP contribution in [0.3, 0.4) is 0 Å². The molecule has 1 unspecified atom stereocenters. The van der Waals surface area contributed by atoms with Gasteiger partial charge in [-0.3, -0.25) is 9.80 Å². The van der Waals surface area contributed by atoms with Gasteiger partial charge in [-0.05, 0) is 24.4 Å². The molecule has 1 aromatic rings. The van der Waals surface area contributed by atoms with Crippen molar-refractivity contribution in [2.24, 2.45) is 0 Å². The Kier molecular flexibility index (Phi) is 5.60. The summed E-state index contributed by atoms with van der Waals surface area (Å²) in [6.07, 6.45) is 1.19. The molecule has 0 aliphatic carbocycles. The molecule has 1 aromatic carbocycles. The average Bonchev–Trinajstić information content (AvgIpc) is 2.47. The van der Waals surface area contributed by atoms with Gasteiger partial charge in [0.05, 0.1) is 0 Å². The van der Waals surface area contributed by atoms with Crippen molar-refractivity contribution in [3.63, 3.8) is 0 Å². The lowest BCUT2D eigenvalue weighted by atomic mass is 9.77. The molecule has 1 fully saturated rings. The first-order valence-electron chi connectivity index (χ1n) is 7.52. The third kappa shape index (κ3) is 3.82. The molecule has 0 bridgehead atoms. The molecule has 20 heavy (non-hydrogen) atoms. The summed E-state index contributed by atoms with van der Waals surface area (Å²) in [4.78, 5) is 4.92. The predicted octanol–water partition coefficient (Wildman–Crippen LogP) is 0.283. The first-order valence-corrected chi connectivity index (χ1v) is 7.52. The maximum Gasteiger partial charge on any atom is 0.488 e. The Balaban J connectivity index is 1.93. The number of hydrogen-bond donors (Lipinski definition) is 2. The van der Waals surface area contributed by atoms with E-state index in [1.54, 1.807) is 6.07 Å². The molecule has 5 heteroatoms. The van der Waals surface area contributed by atoms with Crippen LogP contribution in [0, 0.1) is 0 Å². The second-order valence-electron chi connectivity index (χ2n) is 5.64. The highest BCUT2D eigenvalue weighted by molar-refractivity contribution is 6.59. The van der Waals surface area contributed by atoms with Crippen LogP contribution in [0.2, 0.25) is 0 Å². The smallest absolute Gasteiger partial charge is 0.423 e. The van der Waals surface area contributed by atoms with Crippen LogP contribution in [-0.2, 0) is 6.54 Å². The van der Waals surface area contributed by atoms with Crippen molar-refractivity contribution < 1.29 is 10.0 Å². The zero-order valence-electron chi connectivity index (χ0n) is 12.5. The van der Waals surface area contributed by atoms with E-state index < -0.39 is 7.12 Å². The van der Waals surface area contributed by atoms with E-state index in [9.17, 15) is 10.0 Å². The fraction of sp³-hybridized carbons (Fsp3) is 0.600. The molecule has 110 valence electrons. The first kappa shape index (κ1) is 15.5. The summed E-state index contributed by atoms with van der Waals surface area (Å²) in [5.74, 6) is 0. The second kappa shape index (κ2) is 7.22. The maximum atomic E-state index is 9.41. The van der Waals surface area contributed by atoms with Gasteiger partial charge < -0.3 is 10.0 Å². The molecule has 0 amide bonds. The van der Waals surface area contributed by atoms with Gasteiger partial charge in [0, 0.05) is 38.8 Å². The van der Waals surface area contributed by atoms with E-state index in [0.29, 0.717) is 11.5 Å². The molecule has 0 spiro atoms. The summed E-state index contributed by atoms with van der Waals surface area (Å²) in [5, 5.41) is 18.8. The van der Waals surface area contributed by atoms with Crippen LogP contribution in [-0.4, -0.2) is 59.2 Å². The van der Waals surface area contributed by atoms with Gasteiger partial charge in [-0.25, -0.2) is 0 Å². The molecule has 1 saturated heterocycles. The van der Waals surface area contributed by atoms with Gasteiger partial charge in [0.15, 0.2) is 0 Å². The van der Waals surface area contributed by atoms with Crippen LogP contribution in [0.5, 0.6) is 0 Å². The lowest BCUT2D eigenvalue weighted by Gasteiger charge is -2.38. The van der Waals surface area contributed by atoms with E-state index in [1.165, 1.54) is 6.42 Å². The topological polar surface area (TPSA) is 46.9 Å². The highest BCUT2D eigenvalue weighted by atomic mass is 16.4. The Labute approximate surface area is 122 Å². The number of rotatable bonds is 5. The molecule has 0 aromatic heterocycles. The number of piperazine rings is 1. The summed E-state index contributed by atoms with van der Waals surface area (Å²) < 4.78 is 0. The van der Waals surface area contributed by atoms with Gasteiger partial charge in [-0.1, -0.05) is 31.2 Å². The number of benzene rings is 1. The lowest BCUT2D eigenvalue weighted by Crippen LogP contribution is -2.49. The molecular weight excluding hydrogens is 251 g/mol. The highest BCUT2D eigenvalue weighted by Crippen LogP contribution is 2.11. The van der Waals surface area contributed by atoms with Gasteiger partial charge in [-0.15, -0.1) is 0 Å². The number of nitrogens with zero attached hydrogens (tertiary/aromatic N) is 2. The van der Waals surface area contributed by atoms with Crippen molar-refractivity contribution >= 4 is 12.6 Å². The minimum absolute atomic E-state index is 0.622. The third-order valence-electron chi connectivity index (χ3n) is 4.35. The third-order valence-corrected chi connectivity index (χ3v) is 4.35. The molecule has 2 N–H and O–H groups in total. The molecule has 0 saturated carbocycles. The second-order valence-corrected chi connectivity index (χ2v) is 5.64. The van der Waals surface area contributed by atoms with Gasteiger partial charge >= 0.3 is 7.12 Å². The van der Waals surface area contributed by atoms with Crippen LogP contribution in [0.15, 0.2) is 24.3 Å². The van der Waals surface area contributed by atoms with Crippen molar-refractivity contribution in [2.45, 2.75) is 32.9 Å². The summed E-state index contributed by atoms with van der Waals surface area (Å²) >= 11 is 0. The highest BCUT2D eigenvalue weighted by Gasteiger charge is 2.22. The summed E-state index contributed by atoms with van der Waals surface area (Å²) in [5.41, 5.74) is 1.64. The van der Waals surface area contributed by atoms with E-state index in [2.05, 4.69) is 23.6 Å². The van der Waals surface area contributed by atoms with Crippen molar-refractivity contribution in [1.29, 1.82) is 0 Å². The molecule has 0 radical (unpaired) electrons. The Bertz CT molecular complexity index is 420. The fourth-order valence-corrected chi connectivity index (χ4v) is 2.79. The van der Waals surface area contributed by atoms with E-state index >= 15 is 0 Å². The van der Waals surface area contributed by atoms with E-state index in [1.807, 2.05) is 18.2 Å². The number of hydrogen-bond acceptors (Lipinski definition) is 4. The predicted molar refractivity (Wildman–Crippen MR) is 82.9 cm³/mol. The van der Waals surface area contributed by atoms with Gasteiger partial charge in [0.1, 0.15) is 0 Å². The van der Waals surface area contributed by atoms with Crippen LogP contribution >= 0.6 is 0 Å². The Morgan fingerprint density at radius 2 is 1.80 bits per heavy atom. The van der Waals surface area contributed by atoms with Gasteiger partial charge in [0.2, 0.25) is 0 Å². The summed E-state index contributed by atoms with van der Waals surface area (Å²) in [6, 6.07) is 8.23. The van der Waals surface area contributed by atoms with E-state index in [0.717, 1.165) is 38.3 Å². The van der Waals surface area contributed by atoms with Gasteiger partial charge in [0.25, 0.3) is 0 Å². The van der Waals surface area contributed by atoms with E-state index in [-0.39, 0.29) is 0 Å². The minimum atomic E-state index is -1.38. The molecule has 2 rings (SSSR count). The molecule has 1 heterocycles. The monoisotopic (exact) mass is 276 g/mol. The fourth-order valence-electron chi connectivity index (χ4n) is 2.79. The first-order chi connectivity index (χ1) is 9.61. The van der Waals surface area contributed by atoms with E-state index in [4.69, 9.17) is 0 Å². The Morgan fingerprint density at radius 1 is 1.15 bits per heavy atom. The van der Waals surface area contributed by atoms with Crippen LogP contribution < -0.4 is 5.46 Å². The Hall–Kier alpha value is -0.875. The minimum Gasteiger partial charge on any atom is -0.423 e. The molecule has 1 aliphatic heterocycles. The standard InChI is InChI=1S/C15H25BN2O2/c1-3-13(2)18-10-8-17(9-11-18)12-14-6-4-5-7-15(14)16(19)20/h4-7,13,19-20H,3,8-12H2,1-2H3. The zero-order valence-corrected chi connectivity index (χ0v) is 12.5. The van der Waals surface area contributed by atoms with Crippen LogP contribution in [0.1, 0.15) is 25.8 Å². The maximum absolute atomic E-state index is 9.41. The van der Waals surface area contributed by atoms with Crippen molar-refractivity contribution in [3.8, 4) is 0 Å². The summed E-state index contributed by atoms with van der Waals surface area (Å²) in [7, 11) is -1.38. The normalized spacial score (nSPS) is 19.0. The lowest BCUT2D eigenvalue weighted by molar-refractivity contribution is 0.0965. The summed E-state index contributed by atoms with van der Waals surface area (Å²) in [6.45, 7) is 9.59. The zero-order chi connectivity index (χ0) is 14.5. The van der Waals surface area contributed by atoms with Crippen LogP contribution in [0.4, 0.5) is 0 Å². The Morgan fingerprint density at radius 3 is 2.40 bits per heavy atom. The van der Waals surface area contributed by atoms with Crippen molar-refractivity contribution in [3.05, 3.63) is 29.8 Å². The molecule has 1 atom stereocenters. The molecule has 1 aliphatic rings. The van der Waals surface area contributed by atoms with Gasteiger partial charge in [-0.2, -0.15) is 0 Å². The molecule has 4 nitrogen and oxygen atoms in total. The largest absolute Gasteiger partial charge is 0.488 e. The average molecular weight is 276 g/mol. The SMILES string of the molecule is CCC(C)N1CCN(Cc2ccccc2B(O)O)CC1. The quantitative estimate of drug-likeness (QED) is 0.759. The van der Waals surface area contributed by atoms with Crippen LogP contribution in [0.25, 0.3) is 0 Å².